The lowest BCUT2D eigenvalue weighted by atomic mass is 9.53. The zero-order valence-electron chi connectivity index (χ0n) is 23.3. The second-order valence-electron chi connectivity index (χ2n) is 12.3. The van der Waals surface area contributed by atoms with Gasteiger partial charge in [0.25, 0.3) is 10.1 Å². The molecule has 3 fully saturated rings. The Morgan fingerprint density at radius 2 is 1.86 bits per heavy atom. The highest BCUT2D eigenvalue weighted by Crippen LogP contribution is 2.66. The number of aliphatic hydroxyl groups excluding tert-OH is 1. The Morgan fingerprint density at radius 1 is 1.14 bits per heavy atom. The molecule has 3 aliphatic carbocycles. The number of allylic oxidation sites excluding steroid dienone is 4. The van der Waals surface area contributed by atoms with Gasteiger partial charge in [-0.15, -0.1) is 0 Å². The molecule has 0 heterocycles. The van der Waals surface area contributed by atoms with Crippen LogP contribution in [0.5, 0.6) is 0 Å². The Bertz CT molecular complexity index is 1150. The molecule has 0 spiro atoms. The lowest BCUT2D eigenvalue weighted by molar-refractivity contribution is 0.00120. The maximum absolute atomic E-state index is 12.5. The second-order valence-corrected chi connectivity index (χ2v) is 14.0. The van der Waals surface area contributed by atoms with Crippen LogP contribution in [0.4, 0.5) is 0 Å². The lowest BCUT2D eigenvalue weighted by Gasteiger charge is -2.51. The van der Waals surface area contributed by atoms with E-state index in [1.54, 1.807) is 29.8 Å². The Balaban J connectivity index is 1.38. The van der Waals surface area contributed by atoms with E-state index in [-0.39, 0.29) is 28.4 Å². The van der Waals surface area contributed by atoms with Crippen molar-refractivity contribution in [2.75, 3.05) is 6.61 Å². The van der Waals surface area contributed by atoms with Gasteiger partial charge in [-0.1, -0.05) is 68.3 Å². The highest BCUT2D eigenvalue weighted by Gasteiger charge is 2.57. The van der Waals surface area contributed by atoms with Gasteiger partial charge in [0.2, 0.25) is 0 Å². The molecule has 5 atom stereocenters. The Labute approximate surface area is 225 Å². The Morgan fingerprint density at radius 3 is 2.59 bits per heavy atom. The summed E-state index contributed by atoms with van der Waals surface area (Å²) in [6, 6.07) is 6.83. The SMILES string of the molecule is C=C1CC[C@H](O)C/C1=C/C=C1\CCCC2(C)[C@H]1CC[C@]2(C)C(C)CCCOS(=O)(=O)c1ccc(C)cc1. The van der Waals surface area contributed by atoms with E-state index >= 15 is 0 Å². The van der Waals surface area contributed by atoms with Crippen LogP contribution in [0, 0.1) is 29.6 Å². The molecule has 1 N–H and O–H groups in total. The minimum atomic E-state index is -3.71. The standard InChI is InChI=1S/C32H46O4S/c1-23-10-16-29(17-11-23)37(34,35)36-21-7-8-25(3)31(4)20-18-30-26(9-6-19-32(30,31)5)13-14-27-22-28(33)15-12-24(27)2/h10-11,13-14,16-17,25,28,30,33H,2,6-9,12,15,18-22H2,1,3-5H3/b26-13+,27-14-/t25?,28-,30-,31+,32?/m0/s1. The molecule has 0 aliphatic heterocycles. The smallest absolute Gasteiger partial charge is 0.296 e. The molecular weight excluding hydrogens is 480 g/mol. The fourth-order valence-corrected chi connectivity index (χ4v) is 8.33. The van der Waals surface area contributed by atoms with Crippen molar-refractivity contribution in [3.05, 3.63) is 65.3 Å². The van der Waals surface area contributed by atoms with Crippen molar-refractivity contribution < 1.29 is 17.7 Å². The molecule has 5 heteroatoms. The molecule has 1 aromatic carbocycles. The van der Waals surface area contributed by atoms with Crippen molar-refractivity contribution in [1.82, 2.24) is 0 Å². The topological polar surface area (TPSA) is 63.6 Å². The molecular formula is C32H46O4S. The van der Waals surface area contributed by atoms with Crippen molar-refractivity contribution in [3.8, 4) is 0 Å². The van der Waals surface area contributed by atoms with Gasteiger partial charge in [-0.2, -0.15) is 8.42 Å². The highest BCUT2D eigenvalue weighted by molar-refractivity contribution is 7.86. The lowest BCUT2D eigenvalue weighted by Crippen LogP contribution is -2.43. The van der Waals surface area contributed by atoms with Crippen LogP contribution in [0.25, 0.3) is 0 Å². The van der Waals surface area contributed by atoms with Crippen LogP contribution in [-0.2, 0) is 14.3 Å². The third-order valence-corrected chi connectivity index (χ3v) is 11.6. The zero-order chi connectivity index (χ0) is 26.8. The third-order valence-electron chi connectivity index (χ3n) is 10.2. The molecule has 4 rings (SSSR count). The number of hydrogen-bond donors (Lipinski definition) is 1. The minimum absolute atomic E-state index is 0.213. The predicted octanol–water partition coefficient (Wildman–Crippen LogP) is 7.68. The van der Waals surface area contributed by atoms with Gasteiger partial charge in [0.15, 0.2) is 0 Å². The van der Waals surface area contributed by atoms with Crippen LogP contribution in [0.15, 0.2) is 64.6 Å². The van der Waals surface area contributed by atoms with Gasteiger partial charge in [0.05, 0.1) is 17.6 Å². The summed E-state index contributed by atoms with van der Waals surface area (Å²) >= 11 is 0. The molecule has 0 amide bonds. The molecule has 0 radical (unpaired) electrons. The first-order valence-electron chi connectivity index (χ1n) is 14.2. The van der Waals surface area contributed by atoms with E-state index < -0.39 is 10.1 Å². The summed E-state index contributed by atoms with van der Waals surface area (Å²) in [6.07, 6.45) is 14.6. The first-order chi connectivity index (χ1) is 17.5. The maximum atomic E-state index is 12.5. The van der Waals surface area contributed by atoms with Gasteiger partial charge < -0.3 is 5.11 Å². The number of benzene rings is 1. The predicted molar refractivity (Wildman–Crippen MR) is 151 cm³/mol. The van der Waals surface area contributed by atoms with Crippen molar-refractivity contribution in [2.45, 2.75) is 103 Å². The van der Waals surface area contributed by atoms with E-state index in [2.05, 4.69) is 39.5 Å². The van der Waals surface area contributed by atoms with Gasteiger partial charge >= 0.3 is 0 Å². The number of hydrogen-bond acceptors (Lipinski definition) is 4. The van der Waals surface area contributed by atoms with Crippen molar-refractivity contribution in [3.63, 3.8) is 0 Å². The van der Waals surface area contributed by atoms with Gasteiger partial charge in [-0.05, 0) is 112 Å². The average Bonchev–Trinajstić information content (AvgIpc) is 3.14. The molecule has 0 saturated heterocycles. The van der Waals surface area contributed by atoms with Crippen LogP contribution in [-0.4, -0.2) is 26.2 Å². The van der Waals surface area contributed by atoms with Crippen molar-refractivity contribution in [1.29, 1.82) is 0 Å². The second kappa shape index (κ2) is 11.2. The summed E-state index contributed by atoms with van der Waals surface area (Å²) < 4.78 is 30.5. The summed E-state index contributed by atoms with van der Waals surface area (Å²) in [4.78, 5) is 0.229. The molecule has 4 nitrogen and oxygen atoms in total. The quantitative estimate of drug-likeness (QED) is 0.279. The van der Waals surface area contributed by atoms with E-state index in [1.165, 1.54) is 36.8 Å². The van der Waals surface area contributed by atoms with Crippen LogP contribution in [0.1, 0.15) is 90.5 Å². The number of rotatable bonds is 8. The van der Waals surface area contributed by atoms with Crippen LogP contribution in [0.2, 0.25) is 0 Å². The Hall–Kier alpha value is -1.69. The van der Waals surface area contributed by atoms with Gasteiger partial charge in [-0.25, -0.2) is 0 Å². The van der Waals surface area contributed by atoms with Crippen molar-refractivity contribution in [2.24, 2.45) is 22.7 Å². The van der Waals surface area contributed by atoms with Gasteiger partial charge in [-0.3, -0.25) is 4.18 Å². The summed E-state index contributed by atoms with van der Waals surface area (Å²) in [5.41, 5.74) is 5.44. The van der Waals surface area contributed by atoms with Crippen molar-refractivity contribution >= 4 is 10.1 Å². The summed E-state index contributed by atoms with van der Waals surface area (Å²) in [6.45, 7) is 13.7. The molecule has 0 bridgehead atoms. The molecule has 204 valence electrons. The molecule has 1 aromatic rings. The van der Waals surface area contributed by atoms with Crippen LogP contribution >= 0.6 is 0 Å². The molecule has 3 saturated carbocycles. The average molecular weight is 527 g/mol. The first kappa shape index (κ1) is 28.3. The highest BCUT2D eigenvalue weighted by atomic mass is 32.2. The zero-order valence-corrected chi connectivity index (χ0v) is 24.1. The number of aliphatic hydroxyl groups is 1. The van der Waals surface area contributed by atoms with E-state index in [9.17, 15) is 13.5 Å². The third kappa shape index (κ3) is 5.84. The molecule has 3 aliphatic rings. The van der Waals surface area contributed by atoms with Crippen LogP contribution in [0.3, 0.4) is 0 Å². The minimum Gasteiger partial charge on any atom is -0.393 e. The summed E-state index contributed by atoms with van der Waals surface area (Å²) in [5, 5.41) is 10.1. The first-order valence-corrected chi connectivity index (χ1v) is 15.6. The Kier molecular flexibility index (Phi) is 8.57. The van der Waals surface area contributed by atoms with Crippen LogP contribution < -0.4 is 0 Å². The molecule has 2 unspecified atom stereocenters. The van der Waals surface area contributed by atoms with E-state index in [0.717, 1.165) is 44.1 Å². The fraction of sp³-hybridized carbons (Fsp3) is 0.625. The van der Waals surface area contributed by atoms with Gasteiger partial charge in [0.1, 0.15) is 0 Å². The fourth-order valence-electron chi connectivity index (χ4n) is 7.39. The summed E-state index contributed by atoms with van der Waals surface area (Å²) in [5.74, 6) is 1.07. The molecule has 0 aromatic heterocycles. The van der Waals surface area contributed by atoms with E-state index in [4.69, 9.17) is 4.18 Å². The number of aryl methyl sites for hydroxylation is 1. The summed E-state index contributed by atoms with van der Waals surface area (Å²) in [7, 11) is -3.71. The monoisotopic (exact) mass is 526 g/mol. The van der Waals surface area contributed by atoms with E-state index in [0.29, 0.717) is 11.8 Å². The molecule has 37 heavy (non-hydrogen) atoms. The largest absolute Gasteiger partial charge is 0.393 e. The normalized spacial score (nSPS) is 33.6. The number of fused-ring (bicyclic) bond motifs is 1. The maximum Gasteiger partial charge on any atom is 0.296 e. The van der Waals surface area contributed by atoms with Gasteiger partial charge in [0, 0.05) is 0 Å². The van der Waals surface area contributed by atoms with E-state index in [1.807, 2.05) is 6.92 Å².